The van der Waals surface area contributed by atoms with Crippen molar-refractivity contribution in [2.24, 2.45) is 0 Å². The van der Waals surface area contributed by atoms with Crippen LogP contribution in [-0.4, -0.2) is 41.0 Å². The van der Waals surface area contributed by atoms with E-state index >= 15 is 0 Å². The maximum atomic E-state index is 13.5. The van der Waals surface area contributed by atoms with Gasteiger partial charge >= 0.3 is 6.09 Å². The van der Waals surface area contributed by atoms with Gasteiger partial charge in [-0.15, -0.1) is 0 Å². The normalized spacial score (nSPS) is 18.1. The summed E-state index contributed by atoms with van der Waals surface area (Å²) in [7, 11) is 0. The van der Waals surface area contributed by atoms with E-state index in [0.29, 0.717) is 17.7 Å². The molecule has 2 heterocycles. The van der Waals surface area contributed by atoms with Crippen LogP contribution in [0.4, 0.5) is 15.0 Å². The Balaban J connectivity index is 1.53. The summed E-state index contributed by atoms with van der Waals surface area (Å²) >= 11 is 0. The number of alkyl carbamates (subject to hydrolysis) is 1. The van der Waals surface area contributed by atoms with Crippen LogP contribution in [0.25, 0.3) is 0 Å². The fourth-order valence-electron chi connectivity index (χ4n) is 3.07. The molecule has 3 rings (SSSR count). The summed E-state index contributed by atoms with van der Waals surface area (Å²) in [5, 5.41) is 21.0. The van der Waals surface area contributed by atoms with Crippen molar-refractivity contribution >= 4 is 17.8 Å². The Hall–Kier alpha value is -3.45. The Labute approximate surface area is 172 Å². The lowest BCUT2D eigenvalue weighted by Gasteiger charge is -2.13. The Kier molecular flexibility index (Phi) is 6.64. The molecule has 0 aliphatic carbocycles. The molecule has 1 aliphatic heterocycles. The van der Waals surface area contributed by atoms with Crippen LogP contribution in [0, 0.1) is 17.1 Å². The minimum absolute atomic E-state index is 0.0201. The molecule has 1 aromatic heterocycles. The highest BCUT2D eigenvalue weighted by atomic mass is 19.1. The molecule has 1 aromatic carbocycles. The molecule has 1 saturated heterocycles. The summed E-state index contributed by atoms with van der Waals surface area (Å²) in [6, 6.07) is 7.23. The third-order valence-corrected chi connectivity index (χ3v) is 4.30. The number of amides is 2. The first kappa shape index (κ1) is 21.3. The quantitative estimate of drug-likeness (QED) is 0.665. The fourth-order valence-corrected chi connectivity index (χ4v) is 3.07. The van der Waals surface area contributed by atoms with Gasteiger partial charge in [-0.05, 0) is 37.6 Å². The molecule has 2 amide bonds. The van der Waals surface area contributed by atoms with Gasteiger partial charge in [0.05, 0.1) is 30.4 Å². The second-order valence-electron chi connectivity index (χ2n) is 7.28. The number of rotatable bonds is 6. The minimum Gasteiger partial charge on any atom is -0.444 e. The summed E-state index contributed by atoms with van der Waals surface area (Å²) in [6.07, 6.45) is -0.857. The number of carbonyl (C=O) groups is 2. The number of ether oxygens (including phenoxy) is 2. The zero-order valence-corrected chi connectivity index (χ0v) is 16.6. The first-order valence-electron chi connectivity index (χ1n) is 9.46. The predicted octanol–water partition coefficient (Wildman–Crippen LogP) is 2.57. The van der Waals surface area contributed by atoms with E-state index in [4.69, 9.17) is 14.7 Å². The van der Waals surface area contributed by atoms with Crippen molar-refractivity contribution in [3.8, 4) is 6.07 Å². The van der Waals surface area contributed by atoms with Gasteiger partial charge in [-0.1, -0.05) is 0 Å². The van der Waals surface area contributed by atoms with E-state index in [9.17, 15) is 14.0 Å². The standard InChI is InChI=1S/C20H22FN5O4/c1-11(2)23-20(28)30-15-7-17(29-10-15)16-8-18(26-25-16)24-19(27)6-12-3-13(9-22)5-14(21)4-12/h3-5,8,11,15,17H,6-7,10H2,1-2H3,(H,23,28)(H2,24,25,26,27)/t15-,17-/m0/s1. The average Bonchev–Trinajstić information content (AvgIpc) is 3.29. The Morgan fingerprint density at radius 2 is 2.20 bits per heavy atom. The van der Waals surface area contributed by atoms with Crippen molar-refractivity contribution in [2.45, 2.75) is 44.9 Å². The van der Waals surface area contributed by atoms with Gasteiger partial charge in [-0.2, -0.15) is 10.4 Å². The van der Waals surface area contributed by atoms with E-state index in [1.54, 1.807) is 6.07 Å². The van der Waals surface area contributed by atoms with Crippen LogP contribution in [0.1, 0.15) is 43.2 Å². The topological polar surface area (TPSA) is 129 Å². The van der Waals surface area contributed by atoms with Gasteiger partial charge in [-0.25, -0.2) is 9.18 Å². The minimum atomic E-state index is -0.573. The molecule has 1 fully saturated rings. The number of aromatic amines is 1. The number of halogens is 1. The number of carbonyl (C=O) groups excluding carboxylic acids is 2. The monoisotopic (exact) mass is 415 g/mol. The van der Waals surface area contributed by atoms with Gasteiger partial charge in [0.15, 0.2) is 5.82 Å². The molecule has 2 aromatic rings. The lowest BCUT2D eigenvalue weighted by atomic mass is 10.1. The molecule has 0 unspecified atom stereocenters. The molecule has 30 heavy (non-hydrogen) atoms. The van der Waals surface area contributed by atoms with Gasteiger partial charge < -0.3 is 20.1 Å². The summed E-state index contributed by atoms with van der Waals surface area (Å²) in [4.78, 5) is 23.9. The van der Waals surface area contributed by atoms with Crippen LogP contribution in [-0.2, 0) is 20.7 Å². The molecule has 0 bridgehead atoms. The van der Waals surface area contributed by atoms with Crippen LogP contribution in [0.3, 0.4) is 0 Å². The van der Waals surface area contributed by atoms with Gasteiger partial charge in [-0.3, -0.25) is 9.89 Å². The first-order valence-corrected chi connectivity index (χ1v) is 9.46. The largest absolute Gasteiger partial charge is 0.444 e. The summed E-state index contributed by atoms with van der Waals surface area (Å²) in [5.41, 5.74) is 1.17. The average molecular weight is 415 g/mol. The molecule has 0 radical (unpaired) electrons. The van der Waals surface area contributed by atoms with Crippen molar-refractivity contribution in [3.05, 3.63) is 46.9 Å². The second kappa shape index (κ2) is 9.37. The predicted molar refractivity (Wildman–Crippen MR) is 104 cm³/mol. The van der Waals surface area contributed by atoms with Gasteiger partial charge in [0.1, 0.15) is 18.0 Å². The SMILES string of the molecule is CC(C)NC(=O)O[C@@H]1CO[C@H](c2cc(NC(=O)Cc3cc(F)cc(C#N)c3)n[nH]2)C1. The number of benzene rings is 1. The van der Waals surface area contributed by atoms with Crippen LogP contribution in [0.5, 0.6) is 0 Å². The van der Waals surface area contributed by atoms with E-state index in [-0.39, 0.29) is 42.7 Å². The lowest BCUT2D eigenvalue weighted by molar-refractivity contribution is -0.115. The number of anilines is 1. The Morgan fingerprint density at radius 3 is 2.93 bits per heavy atom. The number of H-pyrrole nitrogens is 1. The van der Waals surface area contributed by atoms with E-state index in [2.05, 4.69) is 20.8 Å². The molecule has 9 nitrogen and oxygen atoms in total. The Bertz CT molecular complexity index is 968. The lowest BCUT2D eigenvalue weighted by Crippen LogP contribution is -2.33. The van der Waals surface area contributed by atoms with E-state index in [1.165, 1.54) is 12.1 Å². The number of hydrogen-bond donors (Lipinski definition) is 3. The third kappa shape index (κ3) is 5.78. The number of nitriles is 1. The highest BCUT2D eigenvalue weighted by molar-refractivity contribution is 5.91. The smallest absolute Gasteiger partial charge is 0.407 e. The van der Waals surface area contributed by atoms with Gasteiger partial charge in [0.2, 0.25) is 5.91 Å². The van der Waals surface area contributed by atoms with E-state index < -0.39 is 17.8 Å². The molecule has 158 valence electrons. The van der Waals surface area contributed by atoms with Crippen LogP contribution >= 0.6 is 0 Å². The maximum Gasteiger partial charge on any atom is 0.407 e. The van der Waals surface area contributed by atoms with E-state index in [1.807, 2.05) is 19.9 Å². The molecule has 0 saturated carbocycles. The summed E-state index contributed by atoms with van der Waals surface area (Å²) in [5.74, 6) is -0.685. The Morgan fingerprint density at radius 1 is 1.40 bits per heavy atom. The third-order valence-electron chi connectivity index (χ3n) is 4.30. The first-order chi connectivity index (χ1) is 14.3. The second-order valence-corrected chi connectivity index (χ2v) is 7.28. The number of aromatic nitrogens is 2. The summed E-state index contributed by atoms with van der Waals surface area (Å²) in [6.45, 7) is 3.94. The van der Waals surface area contributed by atoms with Gasteiger partial charge in [0.25, 0.3) is 0 Å². The molecule has 0 spiro atoms. The van der Waals surface area contributed by atoms with Crippen molar-refractivity contribution in [1.29, 1.82) is 5.26 Å². The van der Waals surface area contributed by atoms with Crippen LogP contribution in [0.2, 0.25) is 0 Å². The molecular formula is C20H22FN5O4. The highest BCUT2D eigenvalue weighted by Crippen LogP contribution is 2.30. The van der Waals surface area contributed by atoms with Gasteiger partial charge in [0, 0.05) is 18.5 Å². The van der Waals surface area contributed by atoms with Crippen molar-refractivity contribution in [3.63, 3.8) is 0 Å². The van der Waals surface area contributed by atoms with Crippen LogP contribution < -0.4 is 10.6 Å². The highest BCUT2D eigenvalue weighted by Gasteiger charge is 2.31. The van der Waals surface area contributed by atoms with Crippen molar-refractivity contribution < 1.29 is 23.5 Å². The number of nitrogens with one attached hydrogen (secondary N) is 3. The summed E-state index contributed by atoms with van der Waals surface area (Å²) < 4.78 is 24.4. The molecular weight excluding hydrogens is 393 g/mol. The zero-order chi connectivity index (χ0) is 21.7. The van der Waals surface area contributed by atoms with E-state index in [0.717, 1.165) is 6.07 Å². The fraction of sp³-hybridized carbons (Fsp3) is 0.400. The molecule has 1 aliphatic rings. The van der Waals surface area contributed by atoms with Crippen molar-refractivity contribution in [1.82, 2.24) is 15.5 Å². The number of nitrogens with zero attached hydrogens (tertiary/aromatic N) is 2. The van der Waals surface area contributed by atoms with Crippen molar-refractivity contribution in [2.75, 3.05) is 11.9 Å². The zero-order valence-electron chi connectivity index (χ0n) is 16.6. The maximum absolute atomic E-state index is 13.5. The number of hydrogen-bond acceptors (Lipinski definition) is 6. The molecule has 2 atom stereocenters. The molecule has 10 heteroatoms. The van der Waals surface area contributed by atoms with Crippen LogP contribution in [0.15, 0.2) is 24.3 Å². The molecule has 3 N–H and O–H groups in total.